The smallest absolute Gasteiger partial charge is 0.0858 e. The zero-order valence-corrected chi connectivity index (χ0v) is 9.11. The van der Waals surface area contributed by atoms with E-state index in [0.717, 1.165) is 12.3 Å². The van der Waals surface area contributed by atoms with Crippen LogP contribution in [0.25, 0.3) is 0 Å². The minimum absolute atomic E-state index is 0.121. The molecule has 2 fully saturated rings. The van der Waals surface area contributed by atoms with Gasteiger partial charge in [-0.2, -0.15) is 0 Å². The number of hydrogen-bond donors (Lipinski definition) is 1. The van der Waals surface area contributed by atoms with Crippen molar-refractivity contribution in [2.45, 2.75) is 57.2 Å². The van der Waals surface area contributed by atoms with Crippen LogP contribution >= 0.6 is 0 Å². The van der Waals surface area contributed by atoms with Gasteiger partial charge in [0.2, 0.25) is 0 Å². The molecule has 2 nitrogen and oxygen atoms in total. The Kier molecular flexibility index (Phi) is 3.45. The van der Waals surface area contributed by atoms with E-state index in [4.69, 9.17) is 4.74 Å². The Morgan fingerprint density at radius 3 is 2.36 bits per heavy atom. The van der Waals surface area contributed by atoms with Crippen molar-refractivity contribution >= 4 is 0 Å². The van der Waals surface area contributed by atoms with Crippen LogP contribution in [0.15, 0.2) is 0 Å². The summed E-state index contributed by atoms with van der Waals surface area (Å²) in [5, 5.41) is 10.1. The fourth-order valence-electron chi connectivity index (χ4n) is 2.81. The lowest BCUT2D eigenvalue weighted by atomic mass is 9.95. The topological polar surface area (TPSA) is 29.5 Å². The number of ether oxygens (including phenoxy) is 1. The van der Waals surface area contributed by atoms with Gasteiger partial charge in [0.25, 0.3) is 0 Å². The zero-order valence-electron chi connectivity index (χ0n) is 9.11. The van der Waals surface area contributed by atoms with Crippen LogP contribution < -0.4 is 0 Å². The molecule has 2 atom stereocenters. The van der Waals surface area contributed by atoms with Gasteiger partial charge in [-0.3, -0.25) is 0 Å². The van der Waals surface area contributed by atoms with Gasteiger partial charge in [-0.25, -0.2) is 0 Å². The maximum atomic E-state index is 10.1. The second-order valence-corrected chi connectivity index (χ2v) is 4.99. The van der Waals surface area contributed by atoms with Crippen molar-refractivity contribution in [3.63, 3.8) is 0 Å². The van der Waals surface area contributed by atoms with Crippen LogP contribution in [0.5, 0.6) is 0 Å². The average molecular weight is 198 g/mol. The third-order valence-electron chi connectivity index (χ3n) is 3.79. The first-order chi connectivity index (χ1) is 6.81. The highest BCUT2D eigenvalue weighted by molar-refractivity contribution is 4.88. The third kappa shape index (κ3) is 2.48. The van der Waals surface area contributed by atoms with Crippen LogP contribution in [0.1, 0.15) is 44.9 Å². The van der Waals surface area contributed by atoms with Crippen molar-refractivity contribution in [1.82, 2.24) is 0 Å². The molecule has 0 aromatic rings. The Balaban J connectivity index is 1.76. The quantitative estimate of drug-likeness (QED) is 0.735. The third-order valence-corrected chi connectivity index (χ3v) is 3.79. The van der Waals surface area contributed by atoms with Gasteiger partial charge in [0, 0.05) is 7.11 Å². The van der Waals surface area contributed by atoms with Crippen molar-refractivity contribution < 1.29 is 9.84 Å². The van der Waals surface area contributed by atoms with Crippen molar-refractivity contribution in [3.05, 3.63) is 0 Å². The molecule has 0 aromatic carbocycles. The summed E-state index contributed by atoms with van der Waals surface area (Å²) < 4.78 is 5.40. The van der Waals surface area contributed by atoms with Crippen LogP contribution in [0, 0.1) is 11.8 Å². The SMILES string of the molecule is COC(C(O)CC1CCCC1)C1CC1. The highest BCUT2D eigenvalue weighted by Crippen LogP contribution is 2.38. The van der Waals surface area contributed by atoms with Crippen molar-refractivity contribution in [1.29, 1.82) is 0 Å². The molecule has 0 aliphatic heterocycles. The van der Waals surface area contributed by atoms with Gasteiger partial charge in [-0.15, -0.1) is 0 Å². The maximum absolute atomic E-state index is 10.1. The molecule has 2 unspecified atom stereocenters. The van der Waals surface area contributed by atoms with Crippen LogP contribution in [0.2, 0.25) is 0 Å². The van der Waals surface area contributed by atoms with Gasteiger partial charge < -0.3 is 9.84 Å². The minimum atomic E-state index is -0.212. The molecular formula is C12H22O2. The standard InChI is InChI=1S/C12H22O2/c1-14-12(10-6-7-10)11(13)8-9-4-2-3-5-9/h9-13H,2-8H2,1H3. The molecule has 0 heterocycles. The molecule has 0 saturated heterocycles. The van der Waals surface area contributed by atoms with Crippen LogP contribution in [-0.4, -0.2) is 24.4 Å². The number of methoxy groups -OCH3 is 1. The summed E-state index contributed by atoms with van der Waals surface area (Å²) in [5.41, 5.74) is 0. The summed E-state index contributed by atoms with van der Waals surface area (Å²) in [5.74, 6) is 1.41. The predicted molar refractivity (Wildman–Crippen MR) is 56.1 cm³/mol. The summed E-state index contributed by atoms with van der Waals surface area (Å²) in [6.45, 7) is 0. The van der Waals surface area contributed by atoms with E-state index in [1.165, 1.54) is 38.5 Å². The van der Waals surface area contributed by atoms with E-state index in [1.54, 1.807) is 7.11 Å². The Morgan fingerprint density at radius 1 is 1.21 bits per heavy atom. The van der Waals surface area contributed by atoms with E-state index < -0.39 is 0 Å². The monoisotopic (exact) mass is 198 g/mol. The Bertz CT molecular complexity index is 171. The van der Waals surface area contributed by atoms with Crippen molar-refractivity contribution in [2.75, 3.05) is 7.11 Å². The first-order valence-corrected chi connectivity index (χ1v) is 6.02. The number of aliphatic hydroxyl groups is 1. The van der Waals surface area contributed by atoms with Gasteiger partial charge in [0.15, 0.2) is 0 Å². The molecule has 2 aliphatic rings. The number of hydrogen-bond acceptors (Lipinski definition) is 2. The van der Waals surface area contributed by atoms with Crippen molar-refractivity contribution in [2.24, 2.45) is 11.8 Å². The fraction of sp³-hybridized carbons (Fsp3) is 1.00. The number of rotatable bonds is 5. The summed E-state index contributed by atoms with van der Waals surface area (Å²) in [4.78, 5) is 0. The Hall–Kier alpha value is -0.0800. The van der Waals surface area contributed by atoms with E-state index in [9.17, 15) is 5.11 Å². The largest absolute Gasteiger partial charge is 0.390 e. The fourth-order valence-corrected chi connectivity index (χ4v) is 2.81. The second kappa shape index (κ2) is 4.63. The summed E-state index contributed by atoms with van der Waals surface area (Å²) >= 11 is 0. The van der Waals surface area contributed by atoms with E-state index in [-0.39, 0.29) is 12.2 Å². The lowest BCUT2D eigenvalue weighted by Gasteiger charge is -2.23. The van der Waals surface area contributed by atoms with E-state index in [1.807, 2.05) is 0 Å². The molecule has 2 aliphatic carbocycles. The van der Waals surface area contributed by atoms with Crippen LogP contribution in [-0.2, 0) is 4.74 Å². The van der Waals surface area contributed by atoms with E-state index in [2.05, 4.69) is 0 Å². The average Bonchev–Trinajstić information content (AvgIpc) is 2.86. The van der Waals surface area contributed by atoms with Gasteiger partial charge in [0.1, 0.15) is 0 Å². The second-order valence-electron chi connectivity index (χ2n) is 4.99. The van der Waals surface area contributed by atoms with Crippen LogP contribution in [0.4, 0.5) is 0 Å². The summed E-state index contributed by atoms with van der Waals surface area (Å²) in [6, 6.07) is 0. The lowest BCUT2D eigenvalue weighted by molar-refractivity contribution is -0.0344. The lowest BCUT2D eigenvalue weighted by Crippen LogP contribution is -2.31. The Labute approximate surface area is 86.6 Å². The minimum Gasteiger partial charge on any atom is -0.390 e. The van der Waals surface area contributed by atoms with Gasteiger partial charge in [-0.1, -0.05) is 25.7 Å². The molecule has 2 rings (SSSR count). The summed E-state index contributed by atoms with van der Waals surface area (Å²) in [7, 11) is 1.74. The molecule has 1 N–H and O–H groups in total. The van der Waals surface area contributed by atoms with Crippen molar-refractivity contribution in [3.8, 4) is 0 Å². The van der Waals surface area contributed by atoms with Crippen LogP contribution in [0.3, 0.4) is 0 Å². The van der Waals surface area contributed by atoms with E-state index in [0.29, 0.717) is 5.92 Å². The first-order valence-electron chi connectivity index (χ1n) is 6.02. The number of aliphatic hydroxyl groups excluding tert-OH is 1. The Morgan fingerprint density at radius 2 is 1.86 bits per heavy atom. The molecule has 82 valence electrons. The molecule has 2 heteroatoms. The highest BCUT2D eigenvalue weighted by atomic mass is 16.5. The molecule has 0 bridgehead atoms. The maximum Gasteiger partial charge on any atom is 0.0858 e. The van der Waals surface area contributed by atoms with Gasteiger partial charge in [-0.05, 0) is 31.1 Å². The summed E-state index contributed by atoms with van der Waals surface area (Å²) in [6.07, 6.45) is 8.73. The first kappa shape index (κ1) is 10.4. The zero-order chi connectivity index (χ0) is 9.97. The predicted octanol–water partition coefficient (Wildman–Crippen LogP) is 2.35. The normalized spacial score (nSPS) is 27.9. The molecule has 0 aromatic heterocycles. The van der Waals surface area contributed by atoms with E-state index >= 15 is 0 Å². The van der Waals surface area contributed by atoms with Gasteiger partial charge >= 0.3 is 0 Å². The van der Waals surface area contributed by atoms with Gasteiger partial charge in [0.05, 0.1) is 12.2 Å². The molecule has 14 heavy (non-hydrogen) atoms. The molecule has 2 saturated carbocycles. The molecule has 0 radical (unpaired) electrons. The molecular weight excluding hydrogens is 176 g/mol. The highest BCUT2D eigenvalue weighted by Gasteiger charge is 2.37. The molecule has 0 amide bonds. The molecule has 0 spiro atoms.